The van der Waals surface area contributed by atoms with Gasteiger partial charge in [-0.05, 0) is 25.1 Å². The van der Waals surface area contributed by atoms with Gasteiger partial charge in [0.05, 0.1) is 13.2 Å². The van der Waals surface area contributed by atoms with Crippen molar-refractivity contribution in [3.63, 3.8) is 0 Å². The van der Waals surface area contributed by atoms with Gasteiger partial charge in [-0.1, -0.05) is 0 Å². The lowest BCUT2D eigenvalue weighted by Crippen LogP contribution is -2.42. The molecule has 1 unspecified atom stereocenters. The normalized spacial score (nSPS) is 17.2. The van der Waals surface area contributed by atoms with Crippen molar-refractivity contribution in [1.82, 2.24) is 19.9 Å². The van der Waals surface area contributed by atoms with Crippen LogP contribution in [0.5, 0.6) is 0 Å². The first-order valence-corrected chi connectivity index (χ1v) is 7.97. The molecule has 3 heterocycles. The van der Waals surface area contributed by atoms with Gasteiger partial charge in [0.1, 0.15) is 11.9 Å². The van der Waals surface area contributed by atoms with Crippen LogP contribution in [0.25, 0.3) is 0 Å². The number of aromatic nitrogens is 3. The standard InChI is InChI=1S/C17H19N5O3/c1-11-3-5-19-16(20-11)14-10-22(7-8-25-14)17(24)13-4-6-18-15(9-13)21-12(2)23/h3-6,9,14H,7-8,10H2,1-2H3,(H,18,21,23). The molecule has 1 aliphatic heterocycles. The van der Waals surface area contributed by atoms with Crippen molar-refractivity contribution < 1.29 is 14.3 Å². The van der Waals surface area contributed by atoms with E-state index in [0.717, 1.165) is 5.69 Å². The number of carbonyl (C=O) groups excluding carboxylic acids is 2. The molecule has 130 valence electrons. The van der Waals surface area contributed by atoms with Crippen LogP contribution in [0.1, 0.15) is 34.9 Å². The van der Waals surface area contributed by atoms with Gasteiger partial charge in [0.25, 0.3) is 5.91 Å². The lowest BCUT2D eigenvalue weighted by atomic mass is 10.2. The molecule has 0 radical (unpaired) electrons. The molecule has 1 fully saturated rings. The second-order valence-corrected chi connectivity index (χ2v) is 5.78. The fraction of sp³-hybridized carbons (Fsp3) is 0.353. The van der Waals surface area contributed by atoms with Gasteiger partial charge in [-0.3, -0.25) is 9.59 Å². The van der Waals surface area contributed by atoms with Crippen LogP contribution >= 0.6 is 0 Å². The van der Waals surface area contributed by atoms with Crippen molar-refractivity contribution in [3.05, 3.63) is 47.7 Å². The first-order chi connectivity index (χ1) is 12.0. The lowest BCUT2D eigenvalue weighted by molar-refractivity contribution is -0.114. The summed E-state index contributed by atoms with van der Waals surface area (Å²) in [6.07, 6.45) is 2.83. The maximum absolute atomic E-state index is 12.8. The van der Waals surface area contributed by atoms with Gasteiger partial charge in [0.2, 0.25) is 5.91 Å². The molecular weight excluding hydrogens is 322 g/mol. The van der Waals surface area contributed by atoms with Crippen molar-refractivity contribution in [1.29, 1.82) is 0 Å². The number of hydrogen-bond donors (Lipinski definition) is 1. The third-order valence-corrected chi connectivity index (χ3v) is 3.77. The van der Waals surface area contributed by atoms with Gasteiger partial charge in [-0.2, -0.15) is 0 Å². The number of morpholine rings is 1. The van der Waals surface area contributed by atoms with Gasteiger partial charge in [-0.15, -0.1) is 0 Å². The van der Waals surface area contributed by atoms with E-state index in [1.807, 2.05) is 13.0 Å². The highest BCUT2D eigenvalue weighted by Gasteiger charge is 2.28. The predicted molar refractivity (Wildman–Crippen MR) is 89.9 cm³/mol. The first-order valence-electron chi connectivity index (χ1n) is 7.97. The Hall–Kier alpha value is -2.87. The first kappa shape index (κ1) is 17.0. The average molecular weight is 341 g/mol. The van der Waals surface area contributed by atoms with Crippen LogP contribution in [0.4, 0.5) is 5.82 Å². The summed E-state index contributed by atoms with van der Waals surface area (Å²) in [5, 5.41) is 2.58. The number of nitrogens with one attached hydrogen (secondary N) is 1. The molecule has 1 N–H and O–H groups in total. The number of aryl methyl sites for hydroxylation is 1. The molecule has 2 amide bonds. The molecule has 1 aliphatic rings. The van der Waals surface area contributed by atoms with Crippen molar-refractivity contribution in [2.24, 2.45) is 0 Å². The smallest absolute Gasteiger partial charge is 0.254 e. The van der Waals surface area contributed by atoms with E-state index in [2.05, 4.69) is 20.3 Å². The van der Waals surface area contributed by atoms with Gasteiger partial charge in [0, 0.05) is 37.1 Å². The van der Waals surface area contributed by atoms with Crippen LogP contribution in [-0.2, 0) is 9.53 Å². The van der Waals surface area contributed by atoms with Crippen LogP contribution in [-0.4, -0.2) is 51.4 Å². The Morgan fingerprint density at radius 3 is 2.84 bits per heavy atom. The Morgan fingerprint density at radius 1 is 1.28 bits per heavy atom. The molecule has 1 saturated heterocycles. The highest BCUT2D eigenvalue weighted by molar-refractivity contribution is 5.96. The minimum absolute atomic E-state index is 0.144. The number of amides is 2. The van der Waals surface area contributed by atoms with Crippen molar-refractivity contribution in [2.75, 3.05) is 25.0 Å². The summed E-state index contributed by atoms with van der Waals surface area (Å²) < 4.78 is 5.72. The van der Waals surface area contributed by atoms with Crippen LogP contribution in [0, 0.1) is 6.92 Å². The topological polar surface area (TPSA) is 97.3 Å². The molecule has 0 bridgehead atoms. The minimum atomic E-state index is -0.353. The predicted octanol–water partition coefficient (Wildman–Crippen LogP) is 1.35. The fourth-order valence-electron chi connectivity index (χ4n) is 2.61. The molecule has 8 heteroatoms. The molecule has 25 heavy (non-hydrogen) atoms. The summed E-state index contributed by atoms with van der Waals surface area (Å²) in [7, 11) is 0. The van der Waals surface area contributed by atoms with Crippen LogP contribution in [0.15, 0.2) is 30.6 Å². The third-order valence-electron chi connectivity index (χ3n) is 3.77. The van der Waals surface area contributed by atoms with E-state index in [0.29, 0.717) is 36.9 Å². The number of rotatable bonds is 3. The lowest BCUT2D eigenvalue weighted by Gasteiger charge is -2.32. The SMILES string of the molecule is CC(=O)Nc1cc(C(=O)N2CCOC(c3nccc(C)n3)C2)ccn1. The average Bonchev–Trinajstić information content (AvgIpc) is 2.61. The van der Waals surface area contributed by atoms with E-state index in [4.69, 9.17) is 4.74 Å². The Balaban J connectivity index is 1.75. The molecule has 2 aromatic rings. The van der Waals surface area contributed by atoms with E-state index >= 15 is 0 Å². The zero-order valence-electron chi connectivity index (χ0n) is 14.1. The zero-order chi connectivity index (χ0) is 17.8. The second kappa shape index (κ2) is 7.35. The quantitative estimate of drug-likeness (QED) is 0.905. The van der Waals surface area contributed by atoms with E-state index in [9.17, 15) is 9.59 Å². The second-order valence-electron chi connectivity index (χ2n) is 5.78. The van der Waals surface area contributed by atoms with Gasteiger partial charge in [-0.25, -0.2) is 15.0 Å². The minimum Gasteiger partial charge on any atom is -0.367 e. The van der Waals surface area contributed by atoms with E-state index in [1.54, 1.807) is 23.2 Å². The summed E-state index contributed by atoms with van der Waals surface area (Å²) in [6.45, 7) is 4.55. The molecule has 0 aromatic carbocycles. The van der Waals surface area contributed by atoms with E-state index < -0.39 is 0 Å². The Bertz CT molecular complexity index is 795. The molecule has 8 nitrogen and oxygen atoms in total. The van der Waals surface area contributed by atoms with Crippen LogP contribution in [0.2, 0.25) is 0 Å². The van der Waals surface area contributed by atoms with Crippen LogP contribution < -0.4 is 5.32 Å². The van der Waals surface area contributed by atoms with Gasteiger partial charge >= 0.3 is 0 Å². The van der Waals surface area contributed by atoms with Crippen molar-refractivity contribution in [2.45, 2.75) is 20.0 Å². The molecular formula is C17H19N5O3. The molecule has 1 atom stereocenters. The molecule has 0 spiro atoms. The molecule has 2 aromatic heterocycles. The van der Waals surface area contributed by atoms with Gasteiger partial charge < -0.3 is 15.0 Å². The number of nitrogens with zero attached hydrogens (tertiary/aromatic N) is 4. The van der Waals surface area contributed by atoms with Crippen molar-refractivity contribution in [3.8, 4) is 0 Å². The van der Waals surface area contributed by atoms with E-state index in [1.165, 1.54) is 13.1 Å². The Morgan fingerprint density at radius 2 is 2.08 bits per heavy atom. The maximum atomic E-state index is 12.8. The maximum Gasteiger partial charge on any atom is 0.254 e. The molecule has 3 rings (SSSR count). The monoisotopic (exact) mass is 341 g/mol. The van der Waals surface area contributed by atoms with Gasteiger partial charge in [0.15, 0.2) is 5.82 Å². The number of carbonyl (C=O) groups is 2. The summed E-state index contributed by atoms with van der Waals surface area (Å²) in [4.78, 5) is 38.3. The van der Waals surface area contributed by atoms with Crippen molar-refractivity contribution >= 4 is 17.6 Å². The molecule has 0 aliphatic carbocycles. The third kappa shape index (κ3) is 4.16. The summed E-state index contributed by atoms with van der Waals surface area (Å²) in [5.41, 5.74) is 1.32. The number of ether oxygens (including phenoxy) is 1. The van der Waals surface area contributed by atoms with E-state index in [-0.39, 0.29) is 17.9 Å². The highest BCUT2D eigenvalue weighted by Crippen LogP contribution is 2.21. The zero-order valence-corrected chi connectivity index (χ0v) is 14.1. The number of pyridine rings is 1. The fourth-order valence-corrected chi connectivity index (χ4v) is 2.61. The highest BCUT2D eigenvalue weighted by atomic mass is 16.5. The summed E-state index contributed by atoms with van der Waals surface area (Å²) in [5.74, 6) is 0.548. The summed E-state index contributed by atoms with van der Waals surface area (Å²) in [6, 6.07) is 5.01. The summed E-state index contributed by atoms with van der Waals surface area (Å²) >= 11 is 0. The molecule has 0 saturated carbocycles. The number of anilines is 1. The largest absolute Gasteiger partial charge is 0.367 e. The Labute approximate surface area is 145 Å². The van der Waals surface area contributed by atoms with Crippen LogP contribution in [0.3, 0.4) is 0 Å². The number of hydrogen-bond acceptors (Lipinski definition) is 6. The Kier molecular flexibility index (Phi) is 4.99.